The number of nitrogens with one attached hydrogen (secondary N) is 1. The fraction of sp³-hybridized carbons (Fsp3) is 0.462. The summed E-state index contributed by atoms with van der Waals surface area (Å²) >= 11 is 0. The molecule has 118 valence electrons. The predicted octanol–water partition coefficient (Wildman–Crippen LogP) is 1.77. The summed E-state index contributed by atoms with van der Waals surface area (Å²) < 4.78 is 53.7. The molecule has 1 atom stereocenters. The minimum atomic E-state index is -4.01. The lowest BCUT2D eigenvalue weighted by molar-refractivity contribution is -0.120. The second-order valence-corrected chi connectivity index (χ2v) is 6.43. The summed E-state index contributed by atoms with van der Waals surface area (Å²) in [6, 6.07) is 3.20. The maximum absolute atomic E-state index is 13.6. The maximum atomic E-state index is 13.6. The van der Waals surface area contributed by atoms with Crippen LogP contribution < -0.4 is 4.72 Å². The molecule has 0 aliphatic rings. The Morgan fingerprint density at radius 2 is 1.86 bits per heavy atom. The molecule has 0 radical (unpaired) electrons. The van der Waals surface area contributed by atoms with E-state index in [1.807, 2.05) is 4.72 Å². The standard InChI is InChI=1S/C13H18F2N2O3S/c1-4-8-17(3)21(19,20)16-13(18)9(2)12-10(14)6-5-7-11(12)15/h5-7,9H,4,8H2,1-3H3,(H,16,18). The van der Waals surface area contributed by atoms with Crippen LogP contribution in [0, 0.1) is 11.6 Å². The molecule has 1 rings (SSSR count). The summed E-state index contributed by atoms with van der Waals surface area (Å²) in [5.41, 5.74) is -0.455. The van der Waals surface area contributed by atoms with E-state index < -0.39 is 39.2 Å². The van der Waals surface area contributed by atoms with E-state index in [9.17, 15) is 22.0 Å². The molecule has 1 aromatic carbocycles. The molecule has 0 aliphatic carbocycles. The van der Waals surface area contributed by atoms with Crippen molar-refractivity contribution in [2.24, 2.45) is 0 Å². The molecule has 1 amide bonds. The Morgan fingerprint density at radius 1 is 1.33 bits per heavy atom. The predicted molar refractivity (Wildman–Crippen MR) is 74.8 cm³/mol. The van der Waals surface area contributed by atoms with Gasteiger partial charge in [0.25, 0.3) is 0 Å². The number of carbonyl (C=O) groups is 1. The molecule has 0 aliphatic heterocycles. The van der Waals surface area contributed by atoms with Gasteiger partial charge < -0.3 is 0 Å². The lowest BCUT2D eigenvalue weighted by Crippen LogP contribution is -2.43. The van der Waals surface area contributed by atoms with Crippen LogP contribution >= 0.6 is 0 Å². The molecule has 5 nitrogen and oxygen atoms in total. The van der Waals surface area contributed by atoms with E-state index in [1.165, 1.54) is 20.0 Å². The van der Waals surface area contributed by atoms with Gasteiger partial charge in [-0.2, -0.15) is 12.7 Å². The minimum Gasteiger partial charge on any atom is -0.273 e. The largest absolute Gasteiger partial charge is 0.303 e. The van der Waals surface area contributed by atoms with Crippen molar-refractivity contribution in [3.8, 4) is 0 Å². The van der Waals surface area contributed by atoms with Crippen LogP contribution in [0.15, 0.2) is 18.2 Å². The molecular weight excluding hydrogens is 302 g/mol. The fourth-order valence-electron chi connectivity index (χ4n) is 1.78. The Hall–Kier alpha value is -1.54. The first-order valence-corrected chi connectivity index (χ1v) is 7.86. The summed E-state index contributed by atoms with van der Waals surface area (Å²) in [5, 5.41) is 0. The SMILES string of the molecule is CCCN(C)S(=O)(=O)NC(=O)C(C)c1c(F)cccc1F. The van der Waals surface area contributed by atoms with Gasteiger partial charge in [0.05, 0.1) is 5.92 Å². The molecule has 0 saturated carbocycles. The number of hydrogen-bond donors (Lipinski definition) is 1. The molecule has 0 heterocycles. The first-order valence-electron chi connectivity index (χ1n) is 6.42. The topological polar surface area (TPSA) is 66.5 Å². The first kappa shape index (κ1) is 17.5. The smallest absolute Gasteiger partial charge is 0.273 e. The van der Waals surface area contributed by atoms with E-state index in [1.54, 1.807) is 6.92 Å². The number of amides is 1. The normalized spacial score (nSPS) is 13.2. The zero-order valence-electron chi connectivity index (χ0n) is 12.1. The van der Waals surface area contributed by atoms with E-state index in [-0.39, 0.29) is 6.54 Å². The summed E-state index contributed by atoms with van der Waals surface area (Å²) in [4.78, 5) is 11.9. The highest BCUT2D eigenvalue weighted by Crippen LogP contribution is 2.22. The average molecular weight is 320 g/mol. The van der Waals surface area contributed by atoms with Crippen molar-refractivity contribution in [3.05, 3.63) is 35.4 Å². The highest BCUT2D eigenvalue weighted by Gasteiger charge is 2.27. The van der Waals surface area contributed by atoms with Gasteiger partial charge in [0.2, 0.25) is 5.91 Å². The van der Waals surface area contributed by atoms with Crippen molar-refractivity contribution in [1.82, 2.24) is 9.03 Å². The number of benzene rings is 1. The Labute approximate surface area is 123 Å². The molecule has 0 spiro atoms. The van der Waals surface area contributed by atoms with Crippen LogP contribution in [0.5, 0.6) is 0 Å². The third kappa shape index (κ3) is 4.21. The van der Waals surface area contributed by atoms with Gasteiger partial charge in [0.1, 0.15) is 11.6 Å². The van der Waals surface area contributed by atoms with Crippen LogP contribution in [-0.4, -0.2) is 32.2 Å². The van der Waals surface area contributed by atoms with Crippen LogP contribution in [-0.2, 0) is 15.0 Å². The lowest BCUT2D eigenvalue weighted by Gasteiger charge is -2.19. The highest BCUT2D eigenvalue weighted by molar-refractivity contribution is 7.87. The minimum absolute atomic E-state index is 0.227. The molecule has 0 bridgehead atoms. The molecule has 0 fully saturated rings. The monoisotopic (exact) mass is 320 g/mol. The number of halogens is 2. The fourth-order valence-corrected chi connectivity index (χ4v) is 2.79. The van der Waals surface area contributed by atoms with Crippen molar-refractivity contribution in [3.63, 3.8) is 0 Å². The lowest BCUT2D eigenvalue weighted by atomic mass is 9.99. The third-order valence-electron chi connectivity index (χ3n) is 3.00. The van der Waals surface area contributed by atoms with Crippen LogP contribution in [0.4, 0.5) is 8.78 Å². The Balaban J connectivity index is 2.94. The van der Waals surface area contributed by atoms with Crippen molar-refractivity contribution >= 4 is 16.1 Å². The van der Waals surface area contributed by atoms with Gasteiger partial charge in [-0.1, -0.05) is 13.0 Å². The number of carbonyl (C=O) groups excluding carboxylic acids is 1. The van der Waals surface area contributed by atoms with Gasteiger partial charge in [0.15, 0.2) is 0 Å². The Morgan fingerprint density at radius 3 is 2.33 bits per heavy atom. The van der Waals surface area contributed by atoms with E-state index in [4.69, 9.17) is 0 Å². The first-order chi connectivity index (χ1) is 9.70. The van der Waals surface area contributed by atoms with Crippen LogP contribution in [0.3, 0.4) is 0 Å². The second kappa shape index (κ2) is 6.95. The van der Waals surface area contributed by atoms with Crippen LogP contribution in [0.25, 0.3) is 0 Å². The van der Waals surface area contributed by atoms with Gasteiger partial charge in [0, 0.05) is 19.2 Å². The summed E-state index contributed by atoms with van der Waals surface area (Å²) in [6.07, 6.45) is 0.573. The summed E-state index contributed by atoms with van der Waals surface area (Å²) in [7, 11) is -2.70. The number of nitrogens with zero attached hydrogens (tertiary/aromatic N) is 1. The van der Waals surface area contributed by atoms with Gasteiger partial charge in [-0.05, 0) is 25.5 Å². The molecular formula is C13H18F2N2O3S. The van der Waals surface area contributed by atoms with E-state index in [0.29, 0.717) is 6.42 Å². The van der Waals surface area contributed by atoms with Crippen molar-refractivity contribution in [2.75, 3.05) is 13.6 Å². The van der Waals surface area contributed by atoms with Gasteiger partial charge in [-0.3, -0.25) is 4.79 Å². The number of rotatable bonds is 6. The van der Waals surface area contributed by atoms with E-state index >= 15 is 0 Å². The molecule has 21 heavy (non-hydrogen) atoms. The molecule has 0 saturated heterocycles. The van der Waals surface area contributed by atoms with Crippen molar-refractivity contribution in [1.29, 1.82) is 0 Å². The summed E-state index contributed by atoms with van der Waals surface area (Å²) in [5.74, 6) is -4.04. The zero-order valence-corrected chi connectivity index (χ0v) is 12.9. The Bertz CT molecular complexity index is 600. The van der Waals surface area contributed by atoms with Crippen molar-refractivity contribution in [2.45, 2.75) is 26.2 Å². The second-order valence-electron chi connectivity index (χ2n) is 4.65. The van der Waals surface area contributed by atoms with Crippen LogP contribution in [0.1, 0.15) is 31.7 Å². The van der Waals surface area contributed by atoms with Gasteiger partial charge in [-0.15, -0.1) is 0 Å². The number of hydrogen-bond acceptors (Lipinski definition) is 3. The molecule has 1 N–H and O–H groups in total. The van der Waals surface area contributed by atoms with Crippen LogP contribution in [0.2, 0.25) is 0 Å². The zero-order chi connectivity index (χ0) is 16.2. The molecule has 0 aromatic heterocycles. The average Bonchev–Trinajstić information content (AvgIpc) is 2.38. The molecule has 8 heteroatoms. The van der Waals surface area contributed by atoms with Crippen molar-refractivity contribution < 1.29 is 22.0 Å². The van der Waals surface area contributed by atoms with E-state index in [0.717, 1.165) is 16.4 Å². The molecule has 1 unspecified atom stereocenters. The van der Waals surface area contributed by atoms with Gasteiger partial charge in [-0.25, -0.2) is 13.5 Å². The van der Waals surface area contributed by atoms with E-state index in [2.05, 4.69) is 0 Å². The Kier molecular flexibility index (Phi) is 5.79. The van der Waals surface area contributed by atoms with Gasteiger partial charge >= 0.3 is 10.2 Å². The highest BCUT2D eigenvalue weighted by atomic mass is 32.2. The summed E-state index contributed by atoms with van der Waals surface area (Å²) in [6.45, 7) is 3.25. The maximum Gasteiger partial charge on any atom is 0.303 e. The third-order valence-corrected chi connectivity index (χ3v) is 4.47. The molecule has 1 aromatic rings. The quantitative estimate of drug-likeness (QED) is 0.869.